The minimum atomic E-state index is -0.124. The maximum atomic E-state index is 10.9. The van der Waals surface area contributed by atoms with Crippen LogP contribution in [-0.4, -0.2) is 18.0 Å². The fourth-order valence-electron chi connectivity index (χ4n) is 2.44. The van der Waals surface area contributed by atoms with Gasteiger partial charge in [-0.3, -0.25) is 15.6 Å². The van der Waals surface area contributed by atoms with Gasteiger partial charge >= 0.3 is 0 Å². The summed E-state index contributed by atoms with van der Waals surface area (Å²) in [5, 5.41) is 0. The van der Waals surface area contributed by atoms with Crippen molar-refractivity contribution in [2.45, 2.75) is 37.6 Å². The van der Waals surface area contributed by atoms with Crippen LogP contribution in [0.5, 0.6) is 0 Å². The van der Waals surface area contributed by atoms with Crippen LogP contribution in [0.2, 0.25) is 0 Å². The lowest BCUT2D eigenvalue weighted by Crippen LogP contribution is -2.47. The second kappa shape index (κ2) is 3.27. The number of primary amides is 1. The van der Waals surface area contributed by atoms with E-state index in [0.717, 1.165) is 32.2 Å². The number of rotatable bonds is 1. The van der Waals surface area contributed by atoms with E-state index in [9.17, 15) is 4.79 Å². The molecule has 4 heteroatoms. The molecule has 1 spiro atoms. The fraction of sp³-hybridized carbons (Fsp3) is 0.889. The van der Waals surface area contributed by atoms with Gasteiger partial charge in [0.2, 0.25) is 5.91 Å². The van der Waals surface area contributed by atoms with Crippen molar-refractivity contribution in [3.63, 3.8) is 0 Å². The Morgan fingerprint density at radius 3 is 2.46 bits per heavy atom. The molecule has 0 aromatic carbocycles. The molecular formula is C9H17N3O. The molecule has 1 heterocycles. The molecule has 1 aliphatic carbocycles. The molecule has 4 N–H and O–H groups in total. The van der Waals surface area contributed by atoms with Gasteiger partial charge in [-0.1, -0.05) is 0 Å². The molecule has 1 amide bonds. The van der Waals surface area contributed by atoms with Crippen LogP contribution in [0.3, 0.4) is 0 Å². The standard InChI is InChI=1S/C9H17N3O/c10-8(13)7-1-3-9(4-2-7)5-6-11-12-9/h7,11-12H,1-6H2,(H2,10,13). The molecule has 0 bridgehead atoms. The monoisotopic (exact) mass is 183 g/mol. The smallest absolute Gasteiger partial charge is 0.220 e. The highest BCUT2D eigenvalue weighted by molar-refractivity contribution is 5.76. The highest BCUT2D eigenvalue weighted by Crippen LogP contribution is 2.35. The Kier molecular flexibility index (Phi) is 2.26. The Balaban J connectivity index is 1.91. The van der Waals surface area contributed by atoms with E-state index in [1.165, 1.54) is 6.42 Å². The van der Waals surface area contributed by atoms with E-state index < -0.39 is 0 Å². The van der Waals surface area contributed by atoms with Crippen LogP contribution in [0.4, 0.5) is 0 Å². The van der Waals surface area contributed by atoms with Gasteiger partial charge in [0.25, 0.3) is 0 Å². The second-order valence-corrected chi connectivity index (χ2v) is 4.26. The summed E-state index contributed by atoms with van der Waals surface area (Å²) in [4.78, 5) is 10.9. The lowest BCUT2D eigenvalue weighted by atomic mass is 9.75. The Morgan fingerprint density at radius 1 is 1.31 bits per heavy atom. The minimum absolute atomic E-state index is 0.119. The maximum absolute atomic E-state index is 10.9. The largest absolute Gasteiger partial charge is 0.369 e. The Labute approximate surface area is 78.2 Å². The summed E-state index contributed by atoms with van der Waals surface area (Å²) in [6.07, 6.45) is 5.23. The average Bonchev–Trinajstić information content (AvgIpc) is 2.54. The Hall–Kier alpha value is -0.610. The molecule has 2 rings (SSSR count). The van der Waals surface area contributed by atoms with Crippen molar-refractivity contribution in [1.82, 2.24) is 10.9 Å². The SMILES string of the molecule is NC(=O)C1CCC2(CCNN2)CC1. The normalized spacial score (nSPS) is 39.5. The quantitative estimate of drug-likeness (QED) is 0.532. The van der Waals surface area contributed by atoms with Crippen molar-refractivity contribution < 1.29 is 4.79 Å². The Morgan fingerprint density at radius 2 is 2.00 bits per heavy atom. The number of nitrogens with two attached hydrogens (primary N) is 1. The molecule has 0 aromatic heterocycles. The lowest BCUT2D eigenvalue weighted by molar-refractivity contribution is -0.123. The maximum Gasteiger partial charge on any atom is 0.220 e. The van der Waals surface area contributed by atoms with Gasteiger partial charge in [-0.05, 0) is 32.1 Å². The number of hydrogen-bond acceptors (Lipinski definition) is 3. The summed E-state index contributed by atoms with van der Waals surface area (Å²) >= 11 is 0. The molecule has 0 radical (unpaired) electrons. The van der Waals surface area contributed by atoms with Crippen LogP contribution in [0.1, 0.15) is 32.1 Å². The van der Waals surface area contributed by atoms with Crippen molar-refractivity contribution in [3.8, 4) is 0 Å². The van der Waals surface area contributed by atoms with Crippen molar-refractivity contribution in [2.24, 2.45) is 11.7 Å². The molecule has 0 atom stereocenters. The third-order valence-corrected chi connectivity index (χ3v) is 3.43. The predicted molar refractivity (Wildman–Crippen MR) is 49.6 cm³/mol. The van der Waals surface area contributed by atoms with Crippen LogP contribution in [0, 0.1) is 5.92 Å². The van der Waals surface area contributed by atoms with E-state index in [0.29, 0.717) is 0 Å². The van der Waals surface area contributed by atoms with Gasteiger partial charge in [-0.2, -0.15) is 0 Å². The molecular weight excluding hydrogens is 166 g/mol. The van der Waals surface area contributed by atoms with Gasteiger partial charge in [0.1, 0.15) is 0 Å². The van der Waals surface area contributed by atoms with E-state index in [1.54, 1.807) is 0 Å². The van der Waals surface area contributed by atoms with Crippen LogP contribution in [0.15, 0.2) is 0 Å². The van der Waals surface area contributed by atoms with E-state index in [4.69, 9.17) is 5.73 Å². The molecule has 1 saturated heterocycles. The zero-order valence-electron chi connectivity index (χ0n) is 7.81. The first kappa shape index (κ1) is 8.97. The highest BCUT2D eigenvalue weighted by atomic mass is 16.1. The molecule has 1 saturated carbocycles. The number of amides is 1. The summed E-state index contributed by atoms with van der Waals surface area (Å²) in [5.41, 5.74) is 12.0. The van der Waals surface area contributed by atoms with E-state index in [1.807, 2.05) is 0 Å². The minimum Gasteiger partial charge on any atom is -0.369 e. The summed E-state index contributed by atoms with van der Waals surface area (Å²) in [5.74, 6) is -0.00571. The zero-order chi connectivity index (χ0) is 9.31. The van der Waals surface area contributed by atoms with Crippen molar-refractivity contribution >= 4 is 5.91 Å². The molecule has 4 nitrogen and oxygen atoms in total. The number of hydrazine groups is 1. The average molecular weight is 183 g/mol. The van der Waals surface area contributed by atoms with Gasteiger partial charge < -0.3 is 5.73 Å². The first-order valence-corrected chi connectivity index (χ1v) is 5.01. The van der Waals surface area contributed by atoms with Crippen LogP contribution < -0.4 is 16.6 Å². The molecule has 2 fully saturated rings. The number of hydrogen-bond donors (Lipinski definition) is 3. The van der Waals surface area contributed by atoms with Crippen molar-refractivity contribution in [1.29, 1.82) is 0 Å². The number of nitrogens with one attached hydrogen (secondary N) is 2. The summed E-state index contributed by atoms with van der Waals surface area (Å²) in [6, 6.07) is 0. The molecule has 74 valence electrons. The van der Waals surface area contributed by atoms with Crippen LogP contribution >= 0.6 is 0 Å². The molecule has 0 aromatic rings. The predicted octanol–water partition coefficient (Wildman–Crippen LogP) is -0.101. The van der Waals surface area contributed by atoms with Crippen molar-refractivity contribution in [3.05, 3.63) is 0 Å². The van der Waals surface area contributed by atoms with Gasteiger partial charge in [0.05, 0.1) is 0 Å². The van der Waals surface area contributed by atoms with E-state index in [2.05, 4.69) is 10.9 Å². The third kappa shape index (κ3) is 1.69. The highest BCUT2D eigenvalue weighted by Gasteiger charge is 2.38. The molecule has 0 unspecified atom stereocenters. The van der Waals surface area contributed by atoms with Crippen LogP contribution in [-0.2, 0) is 4.79 Å². The fourth-order valence-corrected chi connectivity index (χ4v) is 2.44. The molecule has 1 aliphatic heterocycles. The zero-order valence-corrected chi connectivity index (χ0v) is 7.81. The first-order chi connectivity index (χ1) is 6.22. The summed E-state index contributed by atoms with van der Waals surface area (Å²) in [7, 11) is 0. The van der Waals surface area contributed by atoms with E-state index in [-0.39, 0.29) is 17.4 Å². The molecule has 2 aliphatic rings. The lowest BCUT2D eigenvalue weighted by Gasteiger charge is -2.35. The summed E-state index contributed by atoms with van der Waals surface area (Å²) in [6.45, 7) is 1.04. The van der Waals surface area contributed by atoms with Crippen molar-refractivity contribution in [2.75, 3.05) is 6.54 Å². The Bertz CT molecular complexity index is 201. The van der Waals surface area contributed by atoms with E-state index >= 15 is 0 Å². The van der Waals surface area contributed by atoms with Gasteiger partial charge in [0.15, 0.2) is 0 Å². The van der Waals surface area contributed by atoms with Crippen LogP contribution in [0.25, 0.3) is 0 Å². The number of carbonyl (C=O) groups is 1. The van der Waals surface area contributed by atoms with Gasteiger partial charge in [0, 0.05) is 18.0 Å². The van der Waals surface area contributed by atoms with Gasteiger partial charge in [-0.25, -0.2) is 0 Å². The number of carbonyl (C=O) groups excluding carboxylic acids is 1. The third-order valence-electron chi connectivity index (χ3n) is 3.43. The second-order valence-electron chi connectivity index (χ2n) is 4.26. The first-order valence-electron chi connectivity index (χ1n) is 5.01. The summed E-state index contributed by atoms with van der Waals surface area (Å²) < 4.78 is 0. The molecule has 13 heavy (non-hydrogen) atoms. The van der Waals surface area contributed by atoms with Gasteiger partial charge in [-0.15, -0.1) is 0 Å². The topological polar surface area (TPSA) is 67.2 Å².